The first-order chi connectivity index (χ1) is 13.9. The van der Waals surface area contributed by atoms with Crippen LogP contribution in [0.1, 0.15) is 10.4 Å². The minimum atomic E-state index is -3.13. The predicted octanol–water partition coefficient (Wildman–Crippen LogP) is 2.62. The van der Waals surface area contributed by atoms with E-state index in [9.17, 15) is 13.2 Å². The Morgan fingerprint density at radius 2 is 1.76 bits per heavy atom. The summed E-state index contributed by atoms with van der Waals surface area (Å²) in [5, 5.41) is 0.332. The van der Waals surface area contributed by atoms with Gasteiger partial charge in [0, 0.05) is 22.6 Å². The maximum atomic E-state index is 12.8. The molecule has 1 amide bonds. The van der Waals surface area contributed by atoms with Crippen LogP contribution in [0.2, 0.25) is 0 Å². The van der Waals surface area contributed by atoms with Crippen molar-refractivity contribution in [1.82, 2.24) is 0 Å². The van der Waals surface area contributed by atoms with Gasteiger partial charge in [0.1, 0.15) is 11.5 Å². The van der Waals surface area contributed by atoms with Gasteiger partial charge in [-0.3, -0.25) is 4.79 Å². The summed E-state index contributed by atoms with van der Waals surface area (Å²) in [4.78, 5) is 19.0. The number of hydrogen-bond acceptors (Lipinski definition) is 6. The Kier molecular flexibility index (Phi) is 5.26. The number of ether oxygens (including phenoxy) is 2. The Morgan fingerprint density at radius 1 is 1.07 bits per heavy atom. The molecule has 0 aromatic heterocycles. The molecule has 7 nitrogen and oxygen atoms in total. The molecule has 0 radical (unpaired) electrons. The van der Waals surface area contributed by atoms with Crippen LogP contribution in [0.4, 0.5) is 5.69 Å². The van der Waals surface area contributed by atoms with Crippen molar-refractivity contribution in [1.29, 1.82) is 0 Å². The number of aliphatic imine (C=N–C) groups is 1. The summed E-state index contributed by atoms with van der Waals surface area (Å²) in [6, 6.07) is 13.9. The van der Waals surface area contributed by atoms with Gasteiger partial charge in [-0.1, -0.05) is 23.9 Å². The van der Waals surface area contributed by atoms with Crippen molar-refractivity contribution in [3.05, 3.63) is 54.1 Å². The second-order valence-electron chi connectivity index (χ2n) is 6.80. The van der Waals surface area contributed by atoms with Gasteiger partial charge in [-0.2, -0.15) is 4.99 Å². The van der Waals surface area contributed by atoms with E-state index in [0.29, 0.717) is 22.2 Å². The first-order valence-corrected chi connectivity index (χ1v) is 11.7. The smallest absolute Gasteiger partial charge is 0.279 e. The third-order valence-corrected chi connectivity index (χ3v) is 8.12. The highest BCUT2D eigenvalue weighted by atomic mass is 32.2. The number of amides is 1. The summed E-state index contributed by atoms with van der Waals surface area (Å²) in [6.45, 7) is 0. The van der Waals surface area contributed by atoms with E-state index in [1.165, 1.54) is 18.9 Å². The van der Waals surface area contributed by atoms with E-state index in [1.54, 1.807) is 31.4 Å². The molecule has 2 aromatic rings. The number of amidine groups is 1. The maximum Gasteiger partial charge on any atom is 0.279 e. The zero-order valence-corrected chi connectivity index (χ0v) is 17.6. The zero-order valence-electron chi connectivity index (χ0n) is 15.9. The molecule has 2 aliphatic rings. The standard InChI is InChI=1S/C20H20N2O5S2/c1-26-15-7-3-5-13(9-15)19(23)21-20-22(14-6-4-8-16(10-14)27-2)17-11-29(24,25)12-18(17)28-20/h3-10,17-18H,11-12H2,1-2H3. The molecule has 2 fully saturated rings. The van der Waals surface area contributed by atoms with Crippen molar-refractivity contribution in [3.8, 4) is 11.5 Å². The summed E-state index contributed by atoms with van der Waals surface area (Å²) in [5.74, 6) is 0.934. The van der Waals surface area contributed by atoms with Gasteiger partial charge in [0.25, 0.3) is 5.91 Å². The maximum absolute atomic E-state index is 12.8. The van der Waals surface area contributed by atoms with E-state index < -0.39 is 15.7 Å². The second-order valence-corrected chi connectivity index (χ2v) is 10.2. The predicted molar refractivity (Wildman–Crippen MR) is 114 cm³/mol. The van der Waals surface area contributed by atoms with Crippen LogP contribution in [0, 0.1) is 0 Å². The fourth-order valence-electron chi connectivity index (χ4n) is 3.53. The Balaban J connectivity index is 1.72. The SMILES string of the molecule is COc1cccc(C(=O)N=C2SC3CS(=O)(=O)CC3N2c2cccc(OC)c2)c1. The lowest BCUT2D eigenvalue weighted by atomic mass is 10.2. The van der Waals surface area contributed by atoms with Crippen molar-refractivity contribution in [2.24, 2.45) is 4.99 Å². The molecule has 4 rings (SSSR count). The molecule has 9 heteroatoms. The molecule has 0 saturated carbocycles. The zero-order chi connectivity index (χ0) is 20.6. The number of thioether (sulfide) groups is 1. The molecule has 0 N–H and O–H groups in total. The highest BCUT2D eigenvalue weighted by molar-refractivity contribution is 8.16. The van der Waals surface area contributed by atoms with Crippen molar-refractivity contribution < 1.29 is 22.7 Å². The number of carbonyl (C=O) groups is 1. The van der Waals surface area contributed by atoms with E-state index in [-0.39, 0.29) is 22.8 Å². The molecule has 152 valence electrons. The molecule has 29 heavy (non-hydrogen) atoms. The molecule has 2 aliphatic heterocycles. The Labute approximate surface area is 173 Å². The van der Waals surface area contributed by atoms with Gasteiger partial charge < -0.3 is 14.4 Å². The minimum Gasteiger partial charge on any atom is -0.497 e. The summed E-state index contributed by atoms with van der Waals surface area (Å²) < 4.78 is 34.8. The van der Waals surface area contributed by atoms with Crippen LogP contribution in [-0.4, -0.2) is 56.5 Å². The fourth-order valence-corrected chi connectivity index (χ4v) is 7.45. The number of sulfone groups is 1. The van der Waals surface area contributed by atoms with Crippen molar-refractivity contribution in [3.63, 3.8) is 0 Å². The van der Waals surface area contributed by atoms with Gasteiger partial charge in [0.05, 0.1) is 31.8 Å². The largest absolute Gasteiger partial charge is 0.497 e. The van der Waals surface area contributed by atoms with E-state index in [4.69, 9.17) is 9.47 Å². The number of hydrogen-bond donors (Lipinski definition) is 0. The average molecular weight is 433 g/mol. The molecule has 2 heterocycles. The molecule has 0 bridgehead atoms. The molecule has 2 saturated heterocycles. The third kappa shape index (κ3) is 3.97. The summed E-state index contributed by atoms with van der Waals surface area (Å²) in [7, 11) is -0.0178. The Hall–Kier alpha value is -2.52. The second kappa shape index (κ2) is 7.72. The minimum absolute atomic E-state index is 0.0360. The lowest BCUT2D eigenvalue weighted by Crippen LogP contribution is -2.37. The number of rotatable bonds is 4. The van der Waals surface area contributed by atoms with E-state index in [1.807, 2.05) is 29.2 Å². The number of anilines is 1. The van der Waals surface area contributed by atoms with Gasteiger partial charge in [0.2, 0.25) is 0 Å². The van der Waals surface area contributed by atoms with Crippen LogP contribution >= 0.6 is 11.8 Å². The highest BCUT2D eigenvalue weighted by Gasteiger charge is 2.49. The first-order valence-electron chi connectivity index (χ1n) is 8.97. The Morgan fingerprint density at radius 3 is 2.48 bits per heavy atom. The van der Waals surface area contributed by atoms with Crippen LogP contribution in [0.5, 0.6) is 11.5 Å². The van der Waals surface area contributed by atoms with Crippen LogP contribution in [-0.2, 0) is 9.84 Å². The van der Waals surface area contributed by atoms with Gasteiger partial charge in [-0.05, 0) is 30.3 Å². The first kappa shape index (κ1) is 19.8. The normalized spacial score (nSPS) is 23.8. The van der Waals surface area contributed by atoms with Crippen molar-refractivity contribution >= 4 is 38.4 Å². The summed E-state index contributed by atoms with van der Waals surface area (Å²) in [6.07, 6.45) is 0. The number of benzene rings is 2. The summed E-state index contributed by atoms with van der Waals surface area (Å²) >= 11 is 1.34. The van der Waals surface area contributed by atoms with E-state index >= 15 is 0 Å². The molecule has 0 spiro atoms. The fraction of sp³-hybridized carbons (Fsp3) is 0.300. The molecular formula is C20H20N2O5S2. The number of fused-ring (bicyclic) bond motifs is 1. The van der Waals surface area contributed by atoms with Crippen LogP contribution in [0.15, 0.2) is 53.5 Å². The van der Waals surface area contributed by atoms with Gasteiger partial charge in [-0.15, -0.1) is 0 Å². The van der Waals surface area contributed by atoms with Gasteiger partial charge in [-0.25, -0.2) is 8.42 Å². The summed E-state index contributed by atoms with van der Waals surface area (Å²) in [5.41, 5.74) is 1.16. The number of nitrogens with zero attached hydrogens (tertiary/aromatic N) is 2. The molecule has 2 atom stereocenters. The molecule has 2 unspecified atom stereocenters. The Bertz CT molecular complexity index is 1080. The topological polar surface area (TPSA) is 85.3 Å². The average Bonchev–Trinajstić information content (AvgIpc) is 3.18. The van der Waals surface area contributed by atoms with Crippen LogP contribution < -0.4 is 14.4 Å². The van der Waals surface area contributed by atoms with Crippen molar-refractivity contribution in [2.45, 2.75) is 11.3 Å². The van der Waals surface area contributed by atoms with E-state index in [0.717, 1.165) is 5.69 Å². The lowest BCUT2D eigenvalue weighted by Gasteiger charge is -2.24. The monoisotopic (exact) mass is 432 g/mol. The van der Waals surface area contributed by atoms with Gasteiger partial charge in [0.15, 0.2) is 15.0 Å². The highest BCUT2D eigenvalue weighted by Crippen LogP contribution is 2.41. The van der Waals surface area contributed by atoms with Gasteiger partial charge >= 0.3 is 0 Å². The van der Waals surface area contributed by atoms with E-state index in [2.05, 4.69) is 4.99 Å². The molecule has 2 aromatic carbocycles. The third-order valence-electron chi connectivity index (χ3n) is 4.91. The molecular weight excluding hydrogens is 412 g/mol. The lowest BCUT2D eigenvalue weighted by molar-refractivity contribution is 0.100. The number of carbonyl (C=O) groups excluding carboxylic acids is 1. The quantitative estimate of drug-likeness (QED) is 0.734. The van der Waals surface area contributed by atoms with Crippen LogP contribution in [0.3, 0.4) is 0 Å². The van der Waals surface area contributed by atoms with Crippen molar-refractivity contribution in [2.75, 3.05) is 30.6 Å². The van der Waals surface area contributed by atoms with Crippen LogP contribution in [0.25, 0.3) is 0 Å². The molecule has 0 aliphatic carbocycles. The number of methoxy groups -OCH3 is 2.